The molecule has 29 heavy (non-hydrogen) atoms. The van der Waals surface area contributed by atoms with Gasteiger partial charge in [0.25, 0.3) is 5.56 Å². The molecule has 1 heterocycles. The maximum Gasteiger partial charge on any atom is 0.258 e. The van der Waals surface area contributed by atoms with Crippen molar-refractivity contribution < 1.29 is 9.90 Å². The van der Waals surface area contributed by atoms with Crippen molar-refractivity contribution in [3.63, 3.8) is 0 Å². The molecule has 1 aromatic carbocycles. The number of aromatic nitrogens is 1. The number of benzene rings is 1. The third-order valence-electron chi connectivity index (χ3n) is 7.60. The van der Waals surface area contributed by atoms with Crippen molar-refractivity contribution in [2.75, 3.05) is 5.32 Å². The lowest BCUT2D eigenvalue weighted by Gasteiger charge is -2.32. The molecule has 0 spiro atoms. The minimum atomic E-state index is -0.788. The molecule has 5 nitrogen and oxygen atoms in total. The third-order valence-corrected chi connectivity index (χ3v) is 7.60. The number of carbonyl (C=O) groups is 1. The fourth-order valence-electron chi connectivity index (χ4n) is 6.03. The first kappa shape index (κ1) is 18.9. The van der Waals surface area contributed by atoms with Gasteiger partial charge in [0, 0.05) is 28.6 Å². The van der Waals surface area contributed by atoms with Crippen molar-refractivity contribution in [3.8, 4) is 0 Å². The molecule has 0 saturated heterocycles. The summed E-state index contributed by atoms with van der Waals surface area (Å²) in [6.45, 7) is 0.337. The van der Waals surface area contributed by atoms with Crippen molar-refractivity contribution in [1.82, 2.24) is 4.57 Å². The maximum absolute atomic E-state index is 13.1. The van der Waals surface area contributed by atoms with E-state index in [1.165, 1.54) is 19.3 Å². The highest BCUT2D eigenvalue weighted by Crippen LogP contribution is 2.48. The Labute approximate surface area is 171 Å². The number of nitrogens with one attached hydrogen (secondary N) is 1. The first-order chi connectivity index (χ1) is 14.0. The van der Waals surface area contributed by atoms with E-state index in [0.717, 1.165) is 55.5 Å². The van der Waals surface area contributed by atoms with E-state index in [4.69, 9.17) is 0 Å². The van der Waals surface area contributed by atoms with Crippen LogP contribution in [0.1, 0.15) is 57.8 Å². The molecule has 0 radical (unpaired) electrons. The first-order valence-corrected chi connectivity index (χ1v) is 11.2. The zero-order valence-electron chi connectivity index (χ0n) is 16.9. The predicted octanol–water partition coefficient (Wildman–Crippen LogP) is 4.07. The summed E-state index contributed by atoms with van der Waals surface area (Å²) in [6.07, 6.45) is 11.1. The topological polar surface area (TPSA) is 71.3 Å². The van der Waals surface area contributed by atoms with Crippen LogP contribution in [0.15, 0.2) is 35.3 Å². The van der Waals surface area contributed by atoms with Gasteiger partial charge in [-0.25, -0.2) is 0 Å². The lowest BCUT2D eigenvalue weighted by atomic mass is 9.85. The summed E-state index contributed by atoms with van der Waals surface area (Å²) in [4.78, 5) is 26.0. The molecule has 0 aliphatic heterocycles. The molecular weight excluding hydrogens is 364 g/mol. The van der Waals surface area contributed by atoms with Crippen LogP contribution in [0.4, 0.5) is 5.69 Å². The second-order valence-corrected chi connectivity index (χ2v) is 9.57. The van der Waals surface area contributed by atoms with Gasteiger partial charge in [0.05, 0.1) is 12.1 Å². The number of aliphatic hydroxyl groups is 1. The van der Waals surface area contributed by atoms with Crippen molar-refractivity contribution in [3.05, 3.63) is 40.8 Å². The fourth-order valence-corrected chi connectivity index (χ4v) is 6.03. The second kappa shape index (κ2) is 7.28. The monoisotopic (exact) mass is 394 g/mol. The van der Waals surface area contributed by atoms with E-state index in [1.54, 1.807) is 10.8 Å². The smallest absolute Gasteiger partial charge is 0.258 e. The van der Waals surface area contributed by atoms with Gasteiger partial charge < -0.3 is 15.0 Å². The lowest BCUT2D eigenvalue weighted by Crippen LogP contribution is -2.39. The highest BCUT2D eigenvalue weighted by molar-refractivity contribution is 6.02. The average molecular weight is 395 g/mol. The number of amides is 1. The molecule has 3 fully saturated rings. The Balaban J connectivity index is 1.40. The van der Waals surface area contributed by atoms with Crippen LogP contribution in [-0.4, -0.2) is 21.2 Å². The van der Waals surface area contributed by atoms with Crippen molar-refractivity contribution in [2.45, 2.75) is 69.9 Å². The van der Waals surface area contributed by atoms with Crippen LogP contribution in [0.5, 0.6) is 0 Å². The maximum atomic E-state index is 13.1. The molecule has 2 bridgehead atoms. The van der Waals surface area contributed by atoms with Gasteiger partial charge in [-0.1, -0.05) is 31.7 Å². The van der Waals surface area contributed by atoms with Gasteiger partial charge in [-0.15, -0.1) is 0 Å². The minimum absolute atomic E-state index is 0.0995. The number of hydrogen-bond acceptors (Lipinski definition) is 3. The zero-order valence-corrected chi connectivity index (χ0v) is 16.9. The van der Waals surface area contributed by atoms with E-state index in [2.05, 4.69) is 5.32 Å². The summed E-state index contributed by atoms with van der Waals surface area (Å²) in [7, 11) is 0. The predicted molar refractivity (Wildman–Crippen MR) is 114 cm³/mol. The second-order valence-electron chi connectivity index (χ2n) is 9.57. The Morgan fingerprint density at radius 1 is 1.10 bits per heavy atom. The highest BCUT2D eigenvalue weighted by Gasteiger charge is 2.43. The van der Waals surface area contributed by atoms with Crippen LogP contribution in [-0.2, 0) is 11.3 Å². The largest absolute Gasteiger partial charge is 0.388 e. The van der Waals surface area contributed by atoms with Gasteiger partial charge in [-0.2, -0.15) is 0 Å². The summed E-state index contributed by atoms with van der Waals surface area (Å²) in [5.74, 6) is 1.47. The molecule has 5 rings (SSSR count). The Kier molecular flexibility index (Phi) is 4.73. The van der Waals surface area contributed by atoms with Gasteiger partial charge in [-0.05, 0) is 62.1 Å². The summed E-state index contributed by atoms with van der Waals surface area (Å²) in [5, 5.41) is 15.3. The SMILES string of the molecule is O=C(Nc1cccc2c(=O)n(CC3(O)CCCCC3)ccc12)C1C[C@@H]2CC[C@@H]1C2. The molecular formula is C24H30N2O3. The van der Waals surface area contributed by atoms with Crippen LogP contribution < -0.4 is 10.9 Å². The highest BCUT2D eigenvalue weighted by atomic mass is 16.3. The van der Waals surface area contributed by atoms with E-state index < -0.39 is 5.60 Å². The van der Waals surface area contributed by atoms with Gasteiger partial charge >= 0.3 is 0 Å². The number of pyridine rings is 1. The molecule has 154 valence electrons. The van der Waals surface area contributed by atoms with Crippen LogP contribution in [0.3, 0.4) is 0 Å². The fraction of sp³-hybridized carbons (Fsp3) is 0.583. The molecule has 1 aromatic heterocycles. The summed E-state index contributed by atoms with van der Waals surface area (Å²) in [6, 6.07) is 7.43. The van der Waals surface area contributed by atoms with Gasteiger partial charge in [0.1, 0.15) is 0 Å². The van der Waals surface area contributed by atoms with Crippen molar-refractivity contribution >= 4 is 22.4 Å². The third kappa shape index (κ3) is 3.50. The molecule has 2 N–H and O–H groups in total. The van der Waals surface area contributed by atoms with E-state index in [9.17, 15) is 14.7 Å². The van der Waals surface area contributed by atoms with Gasteiger partial charge in [0.2, 0.25) is 5.91 Å². The number of fused-ring (bicyclic) bond motifs is 3. The molecule has 3 aliphatic carbocycles. The number of nitrogens with zero attached hydrogens (tertiary/aromatic N) is 1. The molecule has 3 saturated carbocycles. The molecule has 5 heteroatoms. The van der Waals surface area contributed by atoms with Crippen LogP contribution >= 0.6 is 0 Å². The average Bonchev–Trinajstić information content (AvgIpc) is 3.35. The van der Waals surface area contributed by atoms with E-state index >= 15 is 0 Å². The summed E-state index contributed by atoms with van der Waals surface area (Å²) >= 11 is 0. The van der Waals surface area contributed by atoms with Crippen LogP contribution in [0.2, 0.25) is 0 Å². The molecule has 3 aliphatic rings. The lowest BCUT2D eigenvalue weighted by molar-refractivity contribution is -0.121. The van der Waals surface area contributed by atoms with E-state index in [-0.39, 0.29) is 17.4 Å². The minimum Gasteiger partial charge on any atom is -0.388 e. The number of rotatable bonds is 4. The normalized spacial score (nSPS) is 28.0. The standard InChI is InChI=1S/C24H30N2O3/c27-22(20-14-16-7-8-17(20)13-16)25-21-6-4-5-19-18(21)9-12-26(23(19)28)15-24(29)10-2-1-3-11-24/h4-6,9,12,16-17,20,29H,1-3,7-8,10-11,13-15H2,(H,25,27)/t16-,17-,20?/m1/s1. The number of hydrogen-bond donors (Lipinski definition) is 2. The molecule has 3 atom stereocenters. The Morgan fingerprint density at radius 2 is 1.93 bits per heavy atom. The molecule has 1 amide bonds. The number of carbonyl (C=O) groups excluding carboxylic acids is 1. The molecule has 2 aromatic rings. The van der Waals surface area contributed by atoms with Crippen LogP contribution in [0, 0.1) is 17.8 Å². The van der Waals surface area contributed by atoms with Gasteiger partial charge in [0.15, 0.2) is 0 Å². The number of anilines is 1. The Morgan fingerprint density at radius 3 is 2.66 bits per heavy atom. The quantitative estimate of drug-likeness (QED) is 0.821. The Hall–Kier alpha value is -2.14. The molecule has 1 unspecified atom stereocenters. The van der Waals surface area contributed by atoms with E-state index in [1.807, 2.05) is 24.3 Å². The Bertz CT molecular complexity index is 989. The first-order valence-electron chi connectivity index (χ1n) is 11.2. The van der Waals surface area contributed by atoms with Gasteiger partial charge in [-0.3, -0.25) is 9.59 Å². The summed E-state index contributed by atoms with van der Waals surface area (Å²) in [5.41, 5.74) is -0.169. The van der Waals surface area contributed by atoms with Crippen molar-refractivity contribution in [2.24, 2.45) is 17.8 Å². The van der Waals surface area contributed by atoms with Crippen molar-refractivity contribution in [1.29, 1.82) is 0 Å². The van der Waals surface area contributed by atoms with Crippen LogP contribution in [0.25, 0.3) is 10.8 Å². The summed E-state index contributed by atoms with van der Waals surface area (Å²) < 4.78 is 1.63. The van der Waals surface area contributed by atoms with E-state index in [0.29, 0.717) is 17.8 Å². The zero-order chi connectivity index (χ0) is 20.0.